The molecule has 1 heteroatoms. The van der Waals surface area contributed by atoms with Gasteiger partial charge in [0, 0.05) is 5.92 Å². The van der Waals surface area contributed by atoms with Crippen LogP contribution in [0.15, 0.2) is 12.2 Å². The van der Waals surface area contributed by atoms with Crippen LogP contribution in [0.3, 0.4) is 0 Å². The van der Waals surface area contributed by atoms with E-state index < -0.39 is 0 Å². The van der Waals surface area contributed by atoms with Crippen molar-refractivity contribution in [2.24, 2.45) is 11.8 Å². The Morgan fingerprint density at radius 2 is 1.67 bits per heavy atom. The van der Waals surface area contributed by atoms with E-state index in [0.717, 1.165) is 25.0 Å². The maximum Gasteiger partial charge on any atom is 0.0532 e. The Hall–Kier alpha value is -0.300. The monoisotopic (exact) mass is 208 g/mol. The van der Waals surface area contributed by atoms with Crippen LogP contribution in [0.4, 0.5) is 0 Å². The number of allylic oxidation sites excluding steroid dienone is 1. The fraction of sp³-hybridized carbons (Fsp3) is 0.857. The van der Waals surface area contributed by atoms with Gasteiger partial charge in [-0.25, -0.2) is 0 Å². The molecule has 1 aliphatic heterocycles. The summed E-state index contributed by atoms with van der Waals surface area (Å²) in [6, 6.07) is 0. The van der Waals surface area contributed by atoms with Gasteiger partial charge in [-0.1, -0.05) is 44.3 Å². The lowest BCUT2D eigenvalue weighted by atomic mass is 9.89. The standard InChI is InChI=1S/C14H24O/c1-2-4-6-8-10-14-12-15-11-13(14)9-7-5-3-1/h7,9,13-14H,1-6,8,10-12H2/b9-7-/t13-,14-/m0/s1. The van der Waals surface area contributed by atoms with Crippen LogP contribution in [0.25, 0.3) is 0 Å². The Balaban J connectivity index is 1.86. The van der Waals surface area contributed by atoms with E-state index in [0.29, 0.717) is 0 Å². The minimum Gasteiger partial charge on any atom is -0.381 e. The van der Waals surface area contributed by atoms with Gasteiger partial charge in [0.2, 0.25) is 0 Å². The first kappa shape index (κ1) is 11.2. The van der Waals surface area contributed by atoms with Crippen molar-refractivity contribution in [3.63, 3.8) is 0 Å². The van der Waals surface area contributed by atoms with E-state index in [1.807, 2.05) is 0 Å². The lowest BCUT2D eigenvalue weighted by molar-refractivity contribution is 0.181. The molecule has 2 rings (SSSR count). The highest BCUT2D eigenvalue weighted by atomic mass is 16.5. The molecule has 1 fully saturated rings. The maximum atomic E-state index is 5.60. The quantitative estimate of drug-likeness (QED) is 0.548. The van der Waals surface area contributed by atoms with Gasteiger partial charge in [0.05, 0.1) is 13.2 Å². The minimum atomic E-state index is 0.726. The fourth-order valence-corrected chi connectivity index (χ4v) is 2.77. The smallest absolute Gasteiger partial charge is 0.0532 e. The Kier molecular flexibility index (Phi) is 4.72. The van der Waals surface area contributed by atoms with Crippen LogP contribution >= 0.6 is 0 Å². The lowest BCUT2D eigenvalue weighted by Crippen LogP contribution is -2.10. The molecule has 1 saturated heterocycles. The van der Waals surface area contributed by atoms with Crippen molar-refractivity contribution < 1.29 is 4.74 Å². The zero-order chi connectivity index (χ0) is 10.3. The molecule has 2 atom stereocenters. The molecule has 2 aliphatic rings. The van der Waals surface area contributed by atoms with Crippen molar-refractivity contribution in [2.75, 3.05) is 13.2 Å². The summed E-state index contributed by atoms with van der Waals surface area (Å²) in [7, 11) is 0. The third kappa shape index (κ3) is 3.64. The summed E-state index contributed by atoms with van der Waals surface area (Å²) in [5.74, 6) is 1.55. The summed E-state index contributed by atoms with van der Waals surface area (Å²) in [6.45, 7) is 1.98. The van der Waals surface area contributed by atoms with Gasteiger partial charge in [0.25, 0.3) is 0 Å². The molecular formula is C14H24O. The average molecular weight is 208 g/mol. The molecule has 1 aliphatic carbocycles. The van der Waals surface area contributed by atoms with Crippen LogP contribution in [-0.2, 0) is 4.74 Å². The Bertz CT molecular complexity index is 198. The first-order chi connectivity index (χ1) is 7.47. The highest BCUT2D eigenvalue weighted by molar-refractivity contribution is 4.94. The summed E-state index contributed by atoms with van der Waals surface area (Å²) < 4.78 is 5.60. The second kappa shape index (κ2) is 6.32. The van der Waals surface area contributed by atoms with E-state index in [2.05, 4.69) is 12.2 Å². The molecule has 0 radical (unpaired) electrons. The van der Waals surface area contributed by atoms with Crippen molar-refractivity contribution in [3.8, 4) is 0 Å². The number of hydrogen-bond acceptors (Lipinski definition) is 1. The fourth-order valence-electron chi connectivity index (χ4n) is 2.77. The number of rotatable bonds is 0. The third-order valence-corrected chi connectivity index (χ3v) is 3.83. The zero-order valence-electron chi connectivity index (χ0n) is 9.79. The van der Waals surface area contributed by atoms with Gasteiger partial charge in [-0.05, 0) is 25.2 Å². The highest BCUT2D eigenvalue weighted by Gasteiger charge is 2.25. The van der Waals surface area contributed by atoms with Gasteiger partial charge in [-0.15, -0.1) is 0 Å². The molecule has 15 heavy (non-hydrogen) atoms. The van der Waals surface area contributed by atoms with Gasteiger partial charge in [-0.2, -0.15) is 0 Å². The van der Waals surface area contributed by atoms with Crippen LogP contribution in [0.2, 0.25) is 0 Å². The molecule has 1 nitrogen and oxygen atoms in total. The van der Waals surface area contributed by atoms with E-state index in [-0.39, 0.29) is 0 Å². The maximum absolute atomic E-state index is 5.60. The van der Waals surface area contributed by atoms with Crippen LogP contribution < -0.4 is 0 Å². The van der Waals surface area contributed by atoms with Crippen molar-refractivity contribution in [3.05, 3.63) is 12.2 Å². The second-order valence-corrected chi connectivity index (χ2v) is 5.09. The van der Waals surface area contributed by atoms with Crippen molar-refractivity contribution in [1.82, 2.24) is 0 Å². The Morgan fingerprint density at radius 1 is 0.867 bits per heavy atom. The molecule has 0 amide bonds. The van der Waals surface area contributed by atoms with Gasteiger partial charge in [0.15, 0.2) is 0 Å². The summed E-state index contributed by atoms with van der Waals surface area (Å²) >= 11 is 0. The summed E-state index contributed by atoms with van der Waals surface area (Å²) in [6.07, 6.45) is 16.0. The van der Waals surface area contributed by atoms with E-state index >= 15 is 0 Å². The molecule has 0 spiro atoms. The highest BCUT2D eigenvalue weighted by Crippen LogP contribution is 2.28. The minimum absolute atomic E-state index is 0.726. The molecule has 0 saturated carbocycles. The SMILES string of the molecule is C1=C\[C@H]2COC[C@@H]2CCCCCCCC/1. The van der Waals surface area contributed by atoms with Gasteiger partial charge < -0.3 is 4.74 Å². The third-order valence-electron chi connectivity index (χ3n) is 3.83. The summed E-state index contributed by atoms with van der Waals surface area (Å²) in [5, 5.41) is 0. The molecule has 1 heterocycles. The first-order valence-corrected chi connectivity index (χ1v) is 6.71. The van der Waals surface area contributed by atoms with Crippen LogP contribution in [0.5, 0.6) is 0 Å². The van der Waals surface area contributed by atoms with Crippen molar-refractivity contribution >= 4 is 0 Å². The molecule has 0 N–H and O–H groups in total. The lowest BCUT2D eigenvalue weighted by Gasteiger charge is -2.14. The normalized spacial score (nSPS) is 36.3. The van der Waals surface area contributed by atoms with Gasteiger partial charge in [0.1, 0.15) is 0 Å². The number of fused-ring (bicyclic) bond motifs is 1. The largest absolute Gasteiger partial charge is 0.381 e. The Morgan fingerprint density at radius 3 is 2.60 bits per heavy atom. The number of ether oxygens (including phenoxy) is 1. The van der Waals surface area contributed by atoms with E-state index in [9.17, 15) is 0 Å². The molecule has 0 bridgehead atoms. The molecule has 86 valence electrons. The summed E-state index contributed by atoms with van der Waals surface area (Å²) in [4.78, 5) is 0. The predicted octanol–water partition coefficient (Wildman–Crippen LogP) is 3.94. The van der Waals surface area contributed by atoms with Gasteiger partial charge >= 0.3 is 0 Å². The van der Waals surface area contributed by atoms with Crippen LogP contribution in [0, 0.1) is 11.8 Å². The molecule has 0 aromatic rings. The van der Waals surface area contributed by atoms with E-state index in [4.69, 9.17) is 4.74 Å². The predicted molar refractivity (Wildman–Crippen MR) is 63.9 cm³/mol. The second-order valence-electron chi connectivity index (χ2n) is 5.09. The molecule has 0 unspecified atom stereocenters. The van der Waals surface area contributed by atoms with Crippen molar-refractivity contribution in [1.29, 1.82) is 0 Å². The van der Waals surface area contributed by atoms with Crippen molar-refractivity contribution in [2.45, 2.75) is 51.4 Å². The van der Waals surface area contributed by atoms with E-state index in [1.54, 1.807) is 0 Å². The summed E-state index contributed by atoms with van der Waals surface area (Å²) in [5.41, 5.74) is 0. The molecule has 0 aromatic heterocycles. The van der Waals surface area contributed by atoms with Crippen LogP contribution in [0.1, 0.15) is 51.4 Å². The van der Waals surface area contributed by atoms with E-state index in [1.165, 1.54) is 51.4 Å². The topological polar surface area (TPSA) is 9.23 Å². The zero-order valence-corrected chi connectivity index (χ0v) is 9.79. The average Bonchev–Trinajstić information content (AvgIpc) is 2.65. The number of hydrogen-bond donors (Lipinski definition) is 0. The van der Waals surface area contributed by atoms with Crippen LogP contribution in [-0.4, -0.2) is 13.2 Å². The van der Waals surface area contributed by atoms with Gasteiger partial charge in [-0.3, -0.25) is 0 Å². The Labute approximate surface area is 93.9 Å². The first-order valence-electron chi connectivity index (χ1n) is 6.71. The molecular weight excluding hydrogens is 184 g/mol. The molecule has 0 aromatic carbocycles.